The number of carbonyl (C=O) groups excluding carboxylic acids is 2. The smallest absolute Gasteiger partial charge is 0.407 e. The van der Waals surface area contributed by atoms with Crippen LogP contribution in [0.3, 0.4) is 0 Å². The van der Waals surface area contributed by atoms with Crippen LogP contribution >= 0.6 is 11.8 Å². The van der Waals surface area contributed by atoms with Crippen LogP contribution in [0.2, 0.25) is 0 Å². The third-order valence-electron chi connectivity index (χ3n) is 3.83. The van der Waals surface area contributed by atoms with Crippen molar-refractivity contribution in [2.24, 2.45) is 5.92 Å². The second kappa shape index (κ2) is 8.37. The lowest BCUT2D eigenvalue weighted by Crippen LogP contribution is -2.50. The Labute approximate surface area is 145 Å². The predicted molar refractivity (Wildman–Crippen MR) is 91.4 cm³/mol. The molecule has 2 N–H and O–H groups in total. The summed E-state index contributed by atoms with van der Waals surface area (Å²) in [5.41, 5.74) is 0.790. The Kier molecular flexibility index (Phi) is 6.48. The maximum Gasteiger partial charge on any atom is 0.407 e. The molecule has 0 spiro atoms. The van der Waals surface area contributed by atoms with Gasteiger partial charge in [0.25, 0.3) is 0 Å². The largest absolute Gasteiger partial charge is 0.450 e. The van der Waals surface area contributed by atoms with Crippen LogP contribution in [0.1, 0.15) is 38.8 Å². The van der Waals surface area contributed by atoms with Gasteiger partial charge in [0.2, 0.25) is 5.91 Å². The predicted octanol–water partition coefficient (Wildman–Crippen LogP) is 3.25. The average Bonchev–Trinajstić information content (AvgIpc) is 2.53. The Morgan fingerprint density at radius 2 is 2.17 bits per heavy atom. The van der Waals surface area contributed by atoms with Gasteiger partial charge in [-0.3, -0.25) is 4.79 Å². The van der Waals surface area contributed by atoms with E-state index >= 15 is 0 Å². The van der Waals surface area contributed by atoms with Crippen molar-refractivity contribution in [2.45, 2.75) is 44.2 Å². The maximum atomic E-state index is 13.6. The van der Waals surface area contributed by atoms with Gasteiger partial charge in [-0.05, 0) is 43.0 Å². The van der Waals surface area contributed by atoms with E-state index in [-0.39, 0.29) is 30.3 Å². The summed E-state index contributed by atoms with van der Waals surface area (Å²) >= 11 is 1.65. The summed E-state index contributed by atoms with van der Waals surface area (Å²) in [6, 6.07) is 3.68. The average molecular weight is 354 g/mol. The first-order valence-electron chi connectivity index (χ1n) is 8.08. The molecule has 7 heteroatoms. The van der Waals surface area contributed by atoms with E-state index in [1.165, 1.54) is 12.1 Å². The molecule has 2 rings (SSSR count). The number of fused-ring (bicyclic) bond motifs is 1. The molecule has 0 saturated carbocycles. The fourth-order valence-electron chi connectivity index (χ4n) is 2.61. The molecule has 0 aromatic heterocycles. The van der Waals surface area contributed by atoms with Gasteiger partial charge in [0.05, 0.1) is 12.6 Å². The van der Waals surface area contributed by atoms with Gasteiger partial charge in [0.1, 0.15) is 11.9 Å². The summed E-state index contributed by atoms with van der Waals surface area (Å²) in [5.74, 6) is 0.145. The molecule has 2 atom stereocenters. The van der Waals surface area contributed by atoms with Crippen LogP contribution in [0.5, 0.6) is 0 Å². The number of nitrogens with one attached hydrogen (secondary N) is 2. The van der Waals surface area contributed by atoms with Crippen LogP contribution in [0, 0.1) is 11.7 Å². The fraction of sp³-hybridized carbons (Fsp3) is 0.529. The van der Waals surface area contributed by atoms with Crippen molar-refractivity contribution in [3.05, 3.63) is 29.6 Å². The summed E-state index contributed by atoms with van der Waals surface area (Å²) in [4.78, 5) is 25.2. The van der Waals surface area contributed by atoms with E-state index < -0.39 is 12.1 Å². The molecular weight excluding hydrogens is 331 g/mol. The number of halogens is 1. The van der Waals surface area contributed by atoms with Crippen LogP contribution < -0.4 is 10.6 Å². The Bertz CT molecular complexity index is 609. The minimum atomic E-state index is -0.698. The molecule has 2 unspecified atom stereocenters. The number of benzene rings is 1. The van der Waals surface area contributed by atoms with Crippen molar-refractivity contribution in [3.8, 4) is 0 Å². The van der Waals surface area contributed by atoms with Crippen molar-refractivity contribution < 1.29 is 18.7 Å². The van der Waals surface area contributed by atoms with Crippen molar-refractivity contribution in [1.82, 2.24) is 10.6 Å². The molecule has 2 amide bonds. The van der Waals surface area contributed by atoms with Gasteiger partial charge in [-0.15, -0.1) is 11.8 Å². The van der Waals surface area contributed by atoms with Gasteiger partial charge < -0.3 is 15.4 Å². The van der Waals surface area contributed by atoms with Gasteiger partial charge in [0, 0.05) is 10.6 Å². The molecule has 1 aliphatic heterocycles. The Morgan fingerprint density at radius 3 is 2.83 bits per heavy atom. The van der Waals surface area contributed by atoms with Crippen LogP contribution in [-0.4, -0.2) is 30.4 Å². The van der Waals surface area contributed by atoms with E-state index in [0.29, 0.717) is 0 Å². The fourth-order valence-corrected chi connectivity index (χ4v) is 3.72. The van der Waals surface area contributed by atoms with E-state index in [0.717, 1.165) is 22.6 Å². The lowest BCUT2D eigenvalue weighted by Gasteiger charge is -2.29. The highest BCUT2D eigenvalue weighted by Gasteiger charge is 2.29. The quantitative estimate of drug-likeness (QED) is 0.852. The molecule has 1 heterocycles. The van der Waals surface area contributed by atoms with Crippen molar-refractivity contribution in [2.75, 3.05) is 12.4 Å². The molecule has 0 fully saturated rings. The second-order valence-corrected chi connectivity index (χ2v) is 7.10. The summed E-state index contributed by atoms with van der Waals surface area (Å²) in [6.45, 7) is 5.64. The molecule has 0 radical (unpaired) electrons. The molecule has 132 valence electrons. The highest BCUT2D eigenvalue weighted by atomic mass is 32.2. The Morgan fingerprint density at radius 1 is 1.42 bits per heavy atom. The Balaban J connectivity index is 2.10. The topological polar surface area (TPSA) is 67.4 Å². The second-order valence-electron chi connectivity index (χ2n) is 5.97. The number of thioether (sulfide) groups is 1. The lowest BCUT2D eigenvalue weighted by molar-refractivity contribution is -0.124. The number of hydrogen-bond acceptors (Lipinski definition) is 4. The normalized spacial score (nSPS) is 17.8. The van der Waals surface area contributed by atoms with E-state index in [2.05, 4.69) is 10.6 Å². The number of ether oxygens (including phenoxy) is 1. The Hall–Kier alpha value is -1.76. The zero-order valence-electron chi connectivity index (χ0n) is 14.1. The third-order valence-corrected chi connectivity index (χ3v) is 4.95. The van der Waals surface area contributed by atoms with Gasteiger partial charge in [-0.2, -0.15) is 0 Å². The monoisotopic (exact) mass is 354 g/mol. The summed E-state index contributed by atoms with van der Waals surface area (Å²) in [6.07, 6.45) is 0.105. The van der Waals surface area contributed by atoms with E-state index in [4.69, 9.17) is 4.74 Å². The molecule has 24 heavy (non-hydrogen) atoms. The first kappa shape index (κ1) is 18.6. The molecule has 1 aromatic carbocycles. The van der Waals surface area contributed by atoms with Gasteiger partial charge in [-0.25, -0.2) is 9.18 Å². The molecule has 0 saturated heterocycles. The minimum absolute atomic E-state index is 0.0978. The van der Waals surface area contributed by atoms with E-state index in [1.807, 2.05) is 13.8 Å². The van der Waals surface area contributed by atoms with Gasteiger partial charge >= 0.3 is 6.09 Å². The van der Waals surface area contributed by atoms with Crippen LogP contribution in [0.4, 0.5) is 9.18 Å². The highest BCUT2D eigenvalue weighted by molar-refractivity contribution is 7.99. The molecule has 0 bridgehead atoms. The van der Waals surface area contributed by atoms with Crippen LogP contribution in [0.25, 0.3) is 0 Å². The zero-order valence-corrected chi connectivity index (χ0v) is 14.9. The van der Waals surface area contributed by atoms with E-state index in [1.54, 1.807) is 24.8 Å². The van der Waals surface area contributed by atoms with Crippen molar-refractivity contribution in [1.29, 1.82) is 0 Å². The van der Waals surface area contributed by atoms with Crippen molar-refractivity contribution in [3.63, 3.8) is 0 Å². The summed E-state index contributed by atoms with van der Waals surface area (Å²) < 4.78 is 18.4. The molecule has 5 nitrogen and oxygen atoms in total. The number of rotatable bonds is 5. The van der Waals surface area contributed by atoms with Gasteiger partial charge in [-0.1, -0.05) is 13.8 Å². The zero-order chi connectivity index (χ0) is 17.7. The molecule has 0 aliphatic carbocycles. The highest BCUT2D eigenvalue weighted by Crippen LogP contribution is 2.36. The lowest BCUT2D eigenvalue weighted by atomic mass is 10.00. The number of amides is 2. The summed E-state index contributed by atoms with van der Waals surface area (Å²) in [5, 5.41) is 5.53. The first-order valence-corrected chi connectivity index (χ1v) is 9.06. The molecule has 1 aliphatic rings. The number of hydrogen-bond donors (Lipinski definition) is 2. The number of carbonyl (C=O) groups is 2. The molecule has 1 aromatic rings. The van der Waals surface area contributed by atoms with Crippen LogP contribution in [-0.2, 0) is 9.53 Å². The third kappa shape index (κ3) is 4.63. The first-order chi connectivity index (χ1) is 11.4. The number of alkyl carbamates (subject to hydrolysis) is 1. The van der Waals surface area contributed by atoms with Crippen LogP contribution in [0.15, 0.2) is 23.1 Å². The minimum Gasteiger partial charge on any atom is -0.450 e. The van der Waals surface area contributed by atoms with Gasteiger partial charge in [0.15, 0.2) is 0 Å². The van der Waals surface area contributed by atoms with Crippen molar-refractivity contribution >= 4 is 23.8 Å². The summed E-state index contributed by atoms with van der Waals surface area (Å²) in [7, 11) is 0. The SMILES string of the molecule is CCOC(=O)NC(C(=O)NC1CCSc2ccc(F)cc21)C(C)C. The molecular formula is C17H23FN2O3S. The standard InChI is InChI=1S/C17H23FN2O3S/c1-4-23-17(22)20-15(10(2)3)16(21)19-13-7-8-24-14-6-5-11(18)9-12(13)14/h5-6,9-10,13,15H,4,7-8H2,1-3H3,(H,19,21)(H,20,22). The maximum absolute atomic E-state index is 13.6. The van der Waals surface area contributed by atoms with E-state index in [9.17, 15) is 14.0 Å².